The SMILES string of the molecule is CCCCCCCCC(N)C1CCC(C)CC1. The Morgan fingerprint density at radius 3 is 2.18 bits per heavy atom. The maximum Gasteiger partial charge on any atom is 0.00671 e. The van der Waals surface area contributed by atoms with E-state index in [1.165, 1.54) is 70.6 Å². The predicted molar refractivity (Wildman–Crippen MR) is 77.1 cm³/mol. The first-order valence-corrected chi connectivity index (χ1v) is 7.99. The van der Waals surface area contributed by atoms with E-state index in [2.05, 4.69) is 13.8 Å². The average molecular weight is 239 g/mol. The van der Waals surface area contributed by atoms with Gasteiger partial charge < -0.3 is 5.73 Å². The molecule has 1 rings (SSSR count). The zero-order valence-corrected chi connectivity index (χ0v) is 12.1. The zero-order valence-electron chi connectivity index (χ0n) is 12.1. The summed E-state index contributed by atoms with van der Waals surface area (Å²) in [7, 11) is 0. The van der Waals surface area contributed by atoms with E-state index >= 15 is 0 Å². The first kappa shape index (κ1) is 15.0. The van der Waals surface area contributed by atoms with Gasteiger partial charge in [-0.05, 0) is 31.1 Å². The van der Waals surface area contributed by atoms with Crippen molar-refractivity contribution in [3.8, 4) is 0 Å². The van der Waals surface area contributed by atoms with E-state index in [1.807, 2.05) is 0 Å². The van der Waals surface area contributed by atoms with Crippen LogP contribution in [0.3, 0.4) is 0 Å². The molecule has 0 spiro atoms. The molecular weight excluding hydrogens is 206 g/mol. The smallest absolute Gasteiger partial charge is 0.00671 e. The van der Waals surface area contributed by atoms with Gasteiger partial charge >= 0.3 is 0 Å². The fraction of sp³-hybridized carbons (Fsp3) is 1.00. The molecule has 0 aromatic rings. The minimum absolute atomic E-state index is 0.494. The molecule has 1 unspecified atom stereocenters. The summed E-state index contributed by atoms with van der Waals surface area (Å²) in [6.07, 6.45) is 15.2. The van der Waals surface area contributed by atoms with Crippen molar-refractivity contribution >= 4 is 0 Å². The van der Waals surface area contributed by atoms with Crippen LogP contribution in [-0.2, 0) is 0 Å². The van der Waals surface area contributed by atoms with Crippen molar-refractivity contribution in [2.45, 2.75) is 90.5 Å². The molecular formula is C16H33N. The molecule has 1 heteroatoms. The van der Waals surface area contributed by atoms with E-state index in [0.29, 0.717) is 6.04 Å². The quantitative estimate of drug-likeness (QED) is 0.600. The summed E-state index contributed by atoms with van der Waals surface area (Å²) in [6.45, 7) is 4.66. The molecule has 1 atom stereocenters. The van der Waals surface area contributed by atoms with Crippen molar-refractivity contribution in [3.63, 3.8) is 0 Å². The highest BCUT2D eigenvalue weighted by atomic mass is 14.6. The van der Waals surface area contributed by atoms with Gasteiger partial charge in [0.15, 0.2) is 0 Å². The van der Waals surface area contributed by atoms with Crippen molar-refractivity contribution in [3.05, 3.63) is 0 Å². The van der Waals surface area contributed by atoms with E-state index in [4.69, 9.17) is 5.73 Å². The standard InChI is InChI=1S/C16H33N/c1-3-4-5-6-7-8-9-16(17)15-12-10-14(2)11-13-15/h14-16H,3-13,17H2,1-2H3. The lowest BCUT2D eigenvalue weighted by Crippen LogP contribution is -2.32. The minimum atomic E-state index is 0.494. The molecule has 0 aromatic carbocycles. The molecule has 0 saturated heterocycles. The lowest BCUT2D eigenvalue weighted by atomic mass is 9.78. The normalized spacial score (nSPS) is 27.0. The van der Waals surface area contributed by atoms with Gasteiger partial charge in [0.25, 0.3) is 0 Å². The predicted octanol–water partition coefficient (Wildman–Crippen LogP) is 4.89. The lowest BCUT2D eigenvalue weighted by Gasteiger charge is -2.30. The molecule has 0 heterocycles. The van der Waals surface area contributed by atoms with Crippen LogP contribution in [-0.4, -0.2) is 6.04 Å². The molecule has 0 amide bonds. The monoisotopic (exact) mass is 239 g/mol. The van der Waals surface area contributed by atoms with Gasteiger partial charge in [-0.1, -0.05) is 65.2 Å². The van der Waals surface area contributed by atoms with Crippen molar-refractivity contribution in [1.29, 1.82) is 0 Å². The van der Waals surface area contributed by atoms with Crippen LogP contribution >= 0.6 is 0 Å². The Hall–Kier alpha value is -0.0400. The molecule has 0 aliphatic heterocycles. The van der Waals surface area contributed by atoms with Crippen LogP contribution < -0.4 is 5.73 Å². The second-order valence-corrected chi connectivity index (χ2v) is 6.24. The van der Waals surface area contributed by atoms with Crippen LogP contribution in [0, 0.1) is 11.8 Å². The maximum atomic E-state index is 6.33. The molecule has 1 aliphatic carbocycles. The third-order valence-electron chi connectivity index (χ3n) is 4.56. The Morgan fingerprint density at radius 2 is 1.53 bits per heavy atom. The summed E-state index contributed by atoms with van der Waals surface area (Å²) in [4.78, 5) is 0. The van der Waals surface area contributed by atoms with Gasteiger partial charge in [-0.3, -0.25) is 0 Å². The van der Waals surface area contributed by atoms with Crippen molar-refractivity contribution in [2.24, 2.45) is 17.6 Å². The van der Waals surface area contributed by atoms with Crippen LogP contribution in [0.25, 0.3) is 0 Å². The average Bonchev–Trinajstić information content (AvgIpc) is 2.34. The molecule has 2 N–H and O–H groups in total. The van der Waals surface area contributed by atoms with Crippen LogP contribution in [0.15, 0.2) is 0 Å². The molecule has 0 aromatic heterocycles. The Balaban J connectivity index is 1.99. The van der Waals surface area contributed by atoms with Gasteiger partial charge in [0.2, 0.25) is 0 Å². The fourth-order valence-corrected chi connectivity index (χ4v) is 3.11. The number of nitrogens with two attached hydrogens (primary N) is 1. The molecule has 0 radical (unpaired) electrons. The molecule has 17 heavy (non-hydrogen) atoms. The largest absolute Gasteiger partial charge is 0.327 e. The van der Waals surface area contributed by atoms with Crippen LogP contribution in [0.4, 0.5) is 0 Å². The third-order valence-corrected chi connectivity index (χ3v) is 4.56. The van der Waals surface area contributed by atoms with Gasteiger partial charge in [-0.15, -0.1) is 0 Å². The minimum Gasteiger partial charge on any atom is -0.327 e. The van der Waals surface area contributed by atoms with E-state index in [9.17, 15) is 0 Å². The van der Waals surface area contributed by atoms with E-state index < -0.39 is 0 Å². The van der Waals surface area contributed by atoms with Crippen LogP contribution in [0.2, 0.25) is 0 Å². The Bertz CT molecular complexity index is 170. The number of hydrogen-bond donors (Lipinski definition) is 1. The van der Waals surface area contributed by atoms with E-state index in [0.717, 1.165) is 11.8 Å². The third kappa shape index (κ3) is 6.45. The highest BCUT2D eigenvalue weighted by Gasteiger charge is 2.22. The van der Waals surface area contributed by atoms with Crippen molar-refractivity contribution < 1.29 is 0 Å². The van der Waals surface area contributed by atoms with E-state index in [-0.39, 0.29) is 0 Å². The molecule has 1 saturated carbocycles. The second-order valence-electron chi connectivity index (χ2n) is 6.24. The number of rotatable bonds is 8. The highest BCUT2D eigenvalue weighted by Crippen LogP contribution is 2.31. The van der Waals surface area contributed by atoms with Gasteiger partial charge in [-0.25, -0.2) is 0 Å². The zero-order chi connectivity index (χ0) is 12.5. The summed E-state index contributed by atoms with van der Waals surface area (Å²) in [5, 5.41) is 0. The Morgan fingerprint density at radius 1 is 0.941 bits per heavy atom. The molecule has 102 valence electrons. The first-order valence-electron chi connectivity index (χ1n) is 7.99. The summed E-state index contributed by atoms with van der Waals surface area (Å²) >= 11 is 0. The second kappa shape index (κ2) is 8.97. The van der Waals surface area contributed by atoms with Crippen LogP contribution in [0.1, 0.15) is 84.5 Å². The molecule has 1 aliphatic rings. The summed E-state index contributed by atoms with van der Waals surface area (Å²) in [5.74, 6) is 1.79. The summed E-state index contributed by atoms with van der Waals surface area (Å²) < 4.78 is 0. The van der Waals surface area contributed by atoms with Crippen molar-refractivity contribution in [2.75, 3.05) is 0 Å². The molecule has 0 bridgehead atoms. The number of hydrogen-bond acceptors (Lipinski definition) is 1. The first-order chi connectivity index (χ1) is 8.24. The fourth-order valence-electron chi connectivity index (χ4n) is 3.11. The van der Waals surface area contributed by atoms with Gasteiger partial charge in [0.05, 0.1) is 0 Å². The summed E-state index contributed by atoms with van der Waals surface area (Å²) in [5.41, 5.74) is 6.33. The molecule has 1 nitrogen and oxygen atoms in total. The van der Waals surface area contributed by atoms with Crippen LogP contribution in [0.5, 0.6) is 0 Å². The maximum absolute atomic E-state index is 6.33. The van der Waals surface area contributed by atoms with Crippen molar-refractivity contribution in [1.82, 2.24) is 0 Å². The summed E-state index contributed by atoms with van der Waals surface area (Å²) in [6, 6.07) is 0.494. The van der Waals surface area contributed by atoms with Gasteiger partial charge in [0.1, 0.15) is 0 Å². The topological polar surface area (TPSA) is 26.0 Å². The number of unbranched alkanes of at least 4 members (excludes halogenated alkanes) is 5. The Kier molecular flexibility index (Phi) is 7.92. The molecule has 1 fully saturated rings. The van der Waals surface area contributed by atoms with Gasteiger partial charge in [0, 0.05) is 6.04 Å². The Labute approximate surface area is 109 Å². The lowest BCUT2D eigenvalue weighted by molar-refractivity contribution is 0.245. The highest BCUT2D eigenvalue weighted by molar-refractivity contribution is 4.78. The van der Waals surface area contributed by atoms with Gasteiger partial charge in [-0.2, -0.15) is 0 Å². The van der Waals surface area contributed by atoms with E-state index in [1.54, 1.807) is 0 Å².